The molecule has 1 aromatic carbocycles. The molecule has 0 saturated carbocycles. The monoisotopic (exact) mass is 321 g/mol. The van der Waals surface area contributed by atoms with Crippen LogP contribution in [-0.2, 0) is 11.8 Å². The van der Waals surface area contributed by atoms with Crippen LogP contribution >= 0.6 is 11.6 Å². The van der Waals surface area contributed by atoms with E-state index in [1.54, 1.807) is 38.4 Å². The Balaban J connectivity index is 2.42. The van der Waals surface area contributed by atoms with Gasteiger partial charge in [-0.05, 0) is 37.3 Å². The molecule has 6 heteroatoms. The van der Waals surface area contributed by atoms with Crippen LogP contribution in [0.1, 0.15) is 34.6 Å². The van der Waals surface area contributed by atoms with Gasteiger partial charge in [-0.25, -0.2) is 0 Å². The van der Waals surface area contributed by atoms with E-state index in [1.165, 1.54) is 17.6 Å². The number of benzene rings is 1. The summed E-state index contributed by atoms with van der Waals surface area (Å²) in [5, 5.41) is 9.41. The first-order valence-corrected chi connectivity index (χ1v) is 7.01. The maximum atomic E-state index is 12.6. The van der Waals surface area contributed by atoms with Gasteiger partial charge < -0.3 is 14.4 Å². The van der Waals surface area contributed by atoms with Gasteiger partial charge in [0.1, 0.15) is 5.75 Å². The largest absolute Gasteiger partial charge is 0.497 e. The number of aromatic nitrogens is 1. The van der Waals surface area contributed by atoms with E-state index in [0.29, 0.717) is 22.7 Å². The molecule has 1 atom stereocenters. The molecule has 0 amide bonds. The van der Waals surface area contributed by atoms with Crippen molar-refractivity contribution in [2.75, 3.05) is 7.11 Å². The van der Waals surface area contributed by atoms with E-state index in [4.69, 9.17) is 21.4 Å². The van der Waals surface area contributed by atoms with Crippen molar-refractivity contribution in [1.29, 1.82) is 0 Å². The highest BCUT2D eigenvalue weighted by Gasteiger charge is 2.25. The predicted octanol–water partition coefficient (Wildman–Crippen LogP) is 3.11. The van der Waals surface area contributed by atoms with Crippen LogP contribution in [0.4, 0.5) is 0 Å². The summed E-state index contributed by atoms with van der Waals surface area (Å²) in [6, 6.07) is 8.20. The number of hydrogen-bond donors (Lipinski definition) is 1. The number of ether oxygens (including phenoxy) is 1. The number of carboxylic acid groups (broad SMARTS) is 1. The zero-order valence-corrected chi connectivity index (χ0v) is 13.2. The first kappa shape index (κ1) is 16.1. The molecule has 0 aliphatic carbocycles. The van der Waals surface area contributed by atoms with Crippen molar-refractivity contribution in [3.05, 3.63) is 52.3 Å². The highest BCUT2D eigenvalue weighted by Crippen LogP contribution is 2.29. The summed E-state index contributed by atoms with van der Waals surface area (Å²) in [6.45, 7) is 1.53. The van der Waals surface area contributed by atoms with Crippen molar-refractivity contribution >= 4 is 23.4 Å². The molecule has 0 radical (unpaired) electrons. The minimum absolute atomic E-state index is 0.226. The Bertz CT molecular complexity index is 718. The van der Waals surface area contributed by atoms with E-state index in [1.807, 2.05) is 0 Å². The lowest BCUT2D eigenvalue weighted by molar-refractivity contribution is -0.138. The molecule has 0 saturated heterocycles. The summed E-state index contributed by atoms with van der Waals surface area (Å²) < 4.78 is 6.59. The van der Waals surface area contributed by atoms with Gasteiger partial charge in [-0.15, -0.1) is 0 Å². The van der Waals surface area contributed by atoms with Crippen LogP contribution in [0.2, 0.25) is 5.02 Å². The number of ketones is 1. The maximum absolute atomic E-state index is 12.6. The second-order valence-electron chi connectivity index (χ2n) is 4.94. The van der Waals surface area contributed by atoms with Crippen molar-refractivity contribution in [2.45, 2.75) is 12.8 Å². The minimum atomic E-state index is -0.994. The first-order chi connectivity index (χ1) is 10.4. The molecule has 1 aromatic heterocycles. The van der Waals surface area contributed by atoms with E-state index in [2.05, 4.69) is 0 Å². The lowest BCUT2D eigenvalue weighted by atomic mass is 10.1. The molecule has 0 bridgehead atoms. The van der Waals surface area contributed by atoms with Crippen molar-refractivity contribution in [3.63, 3.8) is 0 Å². The number of halogens is 1. The zero-order chi connectivity index (χ0) is 16.4. The Morgan fingerprint density at radius 2 is 1.86 bits per heavy atom. The van der Waals surface area contributed by atoms with Crippen molar-refractivity contribution < 1.29 is 19.4 Å². The zero-order valence-electron chi connectivity index (χ0n) is 12.5. The number of carboxylic acids is 1. The summed E-state index contributed by atoms with van der Waals surface area (Å²) in [6.07, 6.45) is 0. The quantitative estimate of drug-likeness (QED) is 0.859. The van der Waals surface area contributed by atoms with E-state index in [9.17, 15) is 9.59 Å². The maximum Gasteiger partial charge on any atom is 0.312 e. The Hall–Kier alpha value is -2.27. The molecular weight excluding hydrogens is 306 g/mol. The number of carbonyl (C=O) groups is 2. The van der Waals surface area contributed by atoms with Crippen molar-refractivity contribution in [3.8, 4) is 5.75 Å². The fourth-order valence-electron chi connectivity index (χ4n) is 2.30. The van der Waals surface area contributed by atoms with Crippen LogP contribution in [-0.4, -0.2) is 28.5 Å². The summed E-state index contributed by atoms with van der Waals surface area (Å²) in [4.78, 5) is 23.7. The standard InChI is InChI=1S/C16H16ClNO4/c1-9(16(20)21)14-12(17)8-13(18(14)2)15(19)10-4-6-11(22-3)7-5-10/h4-9H,1-3H3,(H,20,21). The highest BCUT2D eigenvalue weighted by atomic mass is 35.5. The smallest absolute Gasteiger partial charge is 0.312 e. The summed E-state index contributed by atoms with van der Waals surface area (Å²) in [5.41, 5.74) is 1.23. The second-order valence-corrected chi connectivity index (χ2v) is 5.35. The fourth-order valence-corrected chi connectivity index (χ4v) is 2.70. The highest BCUT2D eigenvalue weighted by molar-refractivity contribution is 6.32. The normalized spacial score (nSPS) is 12.0. The molecule has 2 aromatic rings. The van der Waals surface area contributed by atoms with E-state index < -0.39 is 11.9 Å². The third kappa shape index (κ3) is 2.85. The average molecular weight is 322 g/mol. The molecule has 1 N–H and O–H groups in total. The number of hydrogen-bond acceptors (Lipinski definition) is 3. The molecule has 5 nitrogen and oxygen atoms in total. The molecule has 116 valence electrons. The molecular formula is C16H16ClNO4. The van der Waals surface area contributed by atoms with Crippen LogP contribution in [0.15, 0.2) is 30.3 Å². The molecule has 2 rings (SSSR count). The molecule has 0 aliphatic rings. The third-order valence-corrected chi connectivity index (χ3v) is 3.90. The first-order valence-electron chi connectivity index (χ1n) is 6.63. The third-order valence-electron chi connectivity index (χ3n) is 3.60. The van der Waals surface area contributed by atoms with Crippen LogP contribution < -0.4 is 4.74 Å². The lowest BCUT2D eigenvalue weighted by Crippen LogP contribution is -2.15. The second kappa shape index (κ2) is 6.23. The average Bonchev–Trinajstić information content (AvgIpc) is 2.80. The molecule has 22 heavy (non-hydrogen) atoms. The summed E-state index contributed by atoms with van der Waals surface area (Å²) in [7, 11) is 3.19. The number of methoxy groups -OCH3 is 1. The van der Waals surface area contributed by atoms with E-state index in [0.717, 1.165) is 0 Å². The Kier molecular flexibility index (Phi) is 4.56. The van der Waals surface area contributed by atoms with Crippen molar-refractivity contribution in [2.24, 2.45) is 7.05 Å². The van der Waals surface area contributed by atoms with E-state index >= 15 is 0 Å². The van der Waals surface area contributed by atoms with Gasteiger partial charge in [0.05, 0.1) is 29.4 Å². The Morgan fingerprint density at radius 3 is 2.36 bits per heavy atom. The molecule has 0 spiro atoms. The topological polar surface area (TPSA) is 68.5 Å². The van der Waals surface area contributed by atoms with Gasteiger partial charge in [0, 0.05) is 12.6 Å². The van der Waals surface area contributed by atoms with Crippen molar-refractivity contribution in [1.82, 2.24) is 4.57 Å². The number of aliphatic carboxylic acids is 1. The SMILES string of the molecule is COc1ccc(C(=O)c2cc(Cl)c(C(C)C(=O)O)n2C)cc1. The minimum Gasteiger partial charge on any atom is -0.497 e. The number of nitrogens with zero attached hydrogens (tertiary/aromatic N) is 1. The van der Waals surface area contributed by atoms with Gasteiger partial charge in [-0.3, -0.25) is 9.59 Å². The lowest BCUT2D eigenvalue weighted by Gasteiger charge is -2.11. The molecule has 1 heterocycles. The van der Waals surface area contributed by atoms with Crippen LogP contribution in [0.5, 0.6) is 5.75 Å². The predicted molar refractivity (Wildman–Crippen MR) is 82.9 cm³/mol. The van der Waals surface area contributed by atoms with Gasteiger partial charge in [-0.2, -0.15) is 0 Å². The van der Waals surface area contributed by atoms with Gasteiger partial charge in [0.25, 0.3) is 0 Å². The molecule has 1 unspecified atom stereocenters. The molecule has 0 fully saturated rings. The molecule has 0 aliphatic heterocycles. The van der Waals surface area contributed by atoms with Gasteiger partial charge in [0.2, 0.25) is 5.78 Å². The van der Waals surface area contributed by atoms with Gasteiger partial charge >= 0.3 is 5.97 Å². The fraction of sp³-hybridized carbons (Fsp3) is 0.250. The number of rotatable bonds is 5. The van der Waals surface area contributed by atoms with Crippen LogP contribution in [0, 0.1) is 0 Å². The summed E-state index contributed by atoms with van der Waals surface area (Å²) >= 11 is 6.11. The Morgan fingerprint density at radius 1 is 1.27 bits per heavy atom. The number of carbonyl (C=O) groups excluding carboxylic acids is 1. The summed E-state index contributed by atoms with van der Waals surface area (Å²) in [5.74, 6) is -1.36. The van der Waals surface area contributed by atoms with Crippen LogP contribution in [0.3, 0.4) is 0 Å². The Labute approximate surface area is 133 Å². The van der Waals surface area contributed by atoms with Crippen LogP contribution in [0.25, 0.3) is 0 Å². The van der Waals surface area contributed by atoms with Gasteiger partial charge in [-0.1, -0.05) is 11.6 Å². The van der Waals surface area contributed by atoms with Gasteiger partial charge in [0.15, 0.2) is 0 Å². The van der Waals surface area contributed by atoms with E-state index in [-0.39, 0.29) is 10.8 Å².